The standard InChI is InChI=1S/C16H14ClN3OS/c1-11-14(22-16(19-11)20-8-4-5-9-20)15(21)18-10-12-6-2-3-7-13(12)17/h2-9H,10H2,1H3,(H,18,21). The molecule has 4 nitrogen and oxygen atoms in total. The van der Waals surface area contributed by atoms with E-state index in [1.54, 1.807) is 0 Å². The van der Waals surface area contributed by atoms with Gasteiger partial charge in [-0.1, -0.05) is 41.1 Å². The molecule has 0 bridgehead atoms. The van der Waals surface area contributed by atoms with Crippen molar-refractivity contribution in [2.75, 3.05) is 0 Å². The Morgan fingerprint density at radius 1 is 1.27 bits per heavy atom. The van der Waals surface area contributed by atoms with Gasteiger partial charge in [-0.05, 0) is 30.7 Å². The fraction of sp³-hybridized carbons (Fsp3) is 0.125. The number of carbonyl (C=O) groups excluding carboxylic acids is 1. The molecule has 0 aliphatic heterocycles. The Hall–Kier alpha value is -2.11. The predicted octanol–water partition coefficient (Wildman–Crippen LogP) is 3.83. The lowest BCUT2D eigenvalue weighted by Crippen LogP contribution is -2.22. The second-order valence-electron chi connectivity index (χ2n) is 4.78. The molecule has 3 rings (SSSR count). The number of halogens is 1. The van der Waals surface area contributed by atoms with Crippen LogP contribution in [0.5, 0.6) is 0 Å². The van der Waals surface area contributed by atoms with E-state index in [0.29, 0.717) is 16.4 Å². The van der Waals surface area contributed by atoms with E-state index in [0.717, 1.165) is 16.4 Å². The van der Waals surface area contributed by atoms with E-state index < -0.39 is 0 Å². The first-order valence-electron chi connectivity index (χ1n) is 6.77. The second-order valence-corrected chi connectivity index (χ2v) is 6.16. The molecular formula is C16H14ClN3OS. The molecule has 22 heavy (non-hydrogen) atoms. The first kappa shape index (κ1) is 14.8. The zero-order valence-electron chi connectivity index (χ0n) is 11.9. The molecule has 0 atom stereocenters. The third-order valence-corrected chi connectivity index (χ3v) is 4.75. The molecule has 0 saturated heterocycles. The van der Waals surface area contributed by atoms with Crippen molar-refractivity contribution in [2.45, 2.75) is 13.5 Å². The Morgan fingerprint density at radius 3 is 2.73 bits per heavy atom. The van der Waals surface area contributed by atoms with Gasteiger partial charge in [0.05, 0.1) is 5.69 Å². The molecular weight excluding hydrogens is 318 g/mol. The van der Waals surface area contributed by atoms with E-state index >= 15 is 0 Å². The van der Waals surface area contributed by atoms with Crippen molar-refractivity contribution in [2.24, 2.45) is 0 Å². The number of benzene rings is 1. The van der Waals surface area contributed by atoms with Gasteiger partial charge in [-0.25, -0.2) is 4.98 Å². The van der Waals surface area contributed by atoms with E-state index in [-0.39, 0.29) is 5.91 Å². The third kappa shape index (κ3) is 3.05. The molecule has 1 aromatic carbocycles. The average Bonchev–Trinajstić information content (AvgIpc) is 3.15. The summed E-state index contributed by atoms with van der Waals surface area (Å²) in [5.41, 5.74) is 1.62. The number of aromatic nitrogens is 2. The number of nitrogens with zero attached hydrogens (tertiary/aromatic N) is 2. The quantitative estimate of drug-likeness (QED) is 0.790. The van der Waals surface area contributed by atoms with Gasteiger partial charge in [-0.15, -0.1) is 0 Å². The largest absolute Gasteiger partial charge is 0.347 e. The van der Waals surface area contributed by atoms with Crippen LogP contribution in [0.1, 0.15) is 20.9 Å². The highest BCUT2D eigenvalue weighted by molar-refractivity contribution is 7.16. The molecule has 0 unspecified atom stereocenters. The molecule has 1 N–H and O–H groups in total. The number of nitrogens with one attached hydrogen (secondary N) is 1. The molecule has 112 valence electrons. The Balaban J connectivity index is 1.74. The Labute approximate surface area is 137 Å². The zero-order chi connectivity index (χ0) is 15.5. The van der Waals surface area contributed by atoms with Crippen LogP contribution >= 0.6 is 22.9 Å². The number of rotatable bonds is 4. The van der Waals surface area contributed by atoms with Crippen molar-refractivity contribution in [1.29, 1.82) is 0 Å². The summed E-state index contributed by atoms with van der Waals surface area (Å²) in [5.74, 6) is -0.131. The number of hydrogen-bond donors (Lipinski definition) is 1. The van der Waals surface area contributed by atoms with Gasteiger partial charge < -0.3 is 9.88 Å². The highest BCUT2D eigenvalue weighted by Crippen LogP contribution is 2.22. The minimum Gasteiger partial charge on any atom is -0.347 e. The summed E-state index contributed by atoms with van der Waals surface area (Å²) in [5, 5.41) is 4.33. The van der Waals surface area contributed by atoms with Crippen LogP contribution in [0.2, 0.25) is 5.02 Å². The molecule has 0 spiro atoms. The fourth-order valence-electron chi connectivity index (χ4n) is 2.06. The molecule has 1 amide bonds. The fourth-order valence-corrected chi connectivity index (χ4v) is 3.22. The number of aryl methyl sites for hydroxylation is 1. The summed E-state index contributed by atoms with van der Waals surface area (Å²) in [7, 11) is 0. The minimum absolute atomic E-state index is 0.131. The van der Waals surface area contributed by atoms with Crippen LogP contribution in [-0.4, -0.2) is 15.5 Å². The van der Waals surface area contributed by atoms with Crippen LogP contribution in [0, 0.1) is 6.92 Å². The van der Waals surface area contributed by atoms with Gasteiger partial charge >= 0.3 is 0 Å². The van der Waals surface area contributed by atoms with E-state index in [1.807, 2.05) is 60.3 Å². The van der Waals surface area contributed by atoms with Crippen molar-refractivity contribution in [3.05, 3.63) is 69.9 Å². The van der Waals surface area contributed by atoms with Crippen LogP contribution in [0.4, 0.5) is 0 Å². The topological polar surface area (TPSA) is 46.9 Å². The van der Waals surface area contributed by atoms with E-state index in [1.165, 1.54) is 11.3 Å². The zero-order valence-corrected chi connectivity index (χ0v) is 13.5. The lowest BCUT2D eigenvalue weighted by molar-refractivity contribution is 0.0954. The third-order valence-electron chi connectivity index (χ3n) is 3.21. The molecule has 2 heterocycles. The molecule has 2 aromatic heterocycles. The summed E-state index contributed by atoms with van der Waals surface area (Å²) in [6, 6.07) is 11.3. The van der Waals surface area contributed by atoms with Gasteiger partial charge in [-0.3, -0.25) is 4.79 Å². The van der Waals surface area contributed by atoms with E-state index in [2.05, 4.69) is 10.3 Å². The lowest BCUT2D eigenvalue weighted by Gasteiger charge is -2.05. The molecule has 0 saturated carbocycles. The van der Waals surface area contributed by atoms with Gasteiger partial charge in [0.2, 0.25) is 0 Å². The number of amides is 1. The van der Waals surface area contributed by atoms with Crippen LogP contribution < -0.4 is 5.32 Å². The smallest absolute Gasteiger partial charge is 0.263 e. The van der Waals surface area contributed by atoms with E-state index in [4.69, 9.17) is 11.6 Å². The van der Waals surface area contributed by atoms with Crippen molar-refractivity contribution in [3.63, 3.8) is 0 Å². The summed E-state index contributed by atoms with van der Waals surface area (Å²) < 4.78 is 1.89. The number of carbonyl (C=O) groups is 1. The average molecular weight is 332 g/mol. The van der Waals surface area contributed by atoms with Crippen LogP contribution in [0.25, 0.3) is 5.13 Å². The summed E-state index contributed by atoms with van der Waals surface area (Å²) >= 11 is 7.46. The van der Waals surface area contributed by atoms with Crippen molar-refractivity contribution >= 4 is 28.8 Å². The Kier molecular flexibility index (Phi) is 4.27. The highest BCUT2D eigenvalue weighted by atomic mass is 35.5. The summed E-state index contributed by atoms with van der Waals surface area (Å²) in [6.45, 7) is 2.24. The van der Waals surface area contributed by atoms with Gasteiger partial charge in [0, 0.05) is 24.0 Å². The Bertz CT molecular complexity index is 796. The summed E-state index contributed by atoms with van der Waals surface area (Å²) in [4.78, 5) is 17.4. The molecule has 6 heteroatoms. The lowest BCUT2D eigenvalue weighted by atomic mass is 10.2. The Morgan fingerprint density at radius 2 is 2.00 bits per heavy atom. The normalized spacial score (nSPS) is 10.6. The van der Waals surface area contributed by atoms with E-state index in [9.17, 15) is 4.79 Å². The van der Waals surface area contributed by atoms with Crippen LogP contribution in [0.15, 0.2) is 48.8 Å². The highest BCUT2D eigenvalue weighted by Gasteiger charge is 2.16. The van der Waals surface area contributed by atoms with Gasteiger partial charge in [-0.2, -0.15) is 0 Å². The molecule has 0 aliphatic carbocycles. The van der Waals surface area contributed by atoms with Gasteiger partial charge in [0.25, 0.3) is 5.91 Å². The van der Waals surface area contributed by atoms with Gasteiger partial charge in [0.1, 0.15) is 4.88 Å². The predicted molar refractivity (Wildman–Crippen MR) is 88.8 cm³/mol. The van der Waals surface area contributed by atoms with Crippen LogP contribution in [-0.2, 0) is 6.54 Å². The van der Waals surface area contributed by atoms with Crippen molar-refractivity contribution in [1.82, 2.24) is 14.9 Å². The second kappa shape index (κ2) is 6.34. The van der Waals surface area contributed by atoms with Crippen molar-refractivity contribution < 1.29 is 4.79 Å². The maximum atomic E-state index is 12.3. The van der Waals surface area contributed by atoms with Gasteiger partial charge in [0.15, 0.2) is 5.13 Å². The number of hydrogen-bond acceptors (Lipinski definition) is 3. The SMILES string of the molecule is Cc1nc(-n2cccc2)sc1C(=O)NCc1ccccc1Cl. The maximum absolute atomic E-state index is 12.3. The van der Waals surface area contributed by atoms with Crippen molar-refractivity contribution in [3.8, 4) is 5.13 Å². The molecule has 0 radical (unpaired) electrons. The maximum Gasteiger partial charge on any atom is 0.263 e. The summed E-state index contributed by atoms with van der Waals surface area (Å²) in [6.07, 6.45) is 3.81. The molecule has 3 aromatic rings. The minimum atomic E-state index is -0.131. The first-order chi connectivity index (χ1) is 10.6. The first-order valence-corrected chi connectivity index (χ1v) is 7.97. The van der Waals surface area contributed by atoms with Crippen LogP contribution in [0.3, 0.4) is 0 Å². The molecule has 0 fully saturated rings. The monoisotopic (exact) mass is 331 g/mol. The number of thiazole rings is 1. The molecule has 0 aliphatic rings.